The Bertz CT molecular complexity index is 1700. The van der Waals surface area contributed by atoms with Gasteiger partial charge >= 0.3 is 6.09 Å². The van der Waals surface area contributed by atoms with Crippen LogP contribution >= 0.6 is 0 Å². The zero-order chi connectivity index (χ0) is 32.7. The molecule has 11 nitrogen and oxygen atoms in total. The number of aromatic nitrogens is 4. The Morgan fingerprint density at radius 3 is 2.23 bits per heavy atom. The van der Waals surface area contributed by atoms with Gasteiger partial charge < -0.3 is 20.1 Å². The summed E-state index contributed by atoms with van der Waals surface area (Å²) in [6.45, 7) is 10.1. The van der Waals surface area contributed by atoms with Crippen LogP contribution in [0.3, 0.4) is 0 Å². The van der Waals surface area contributed by atoms with Crippen molar-refractivity contribution in [3.05, 3.63) is 60.9 Å². The number of piperidine rings is 2. The summed E-state index contributed by atoms with van der Waals surface area (Å²) >= 11 is 0. The second kappa shape index (κ2) is 12.7. The van der Waals surface area contributed by atoms with E-state index in [1.165, 1.54) is 6.33 Å². The Morgan fingerprint density at radius 1 is 0.872 bits per heavy atom. The van der Waals surface area contributed by atoms with Crippen LogP contribution in [-0.4, -0.2) is 104 Å². The van der Waals surface area contributed by atoms with Crippen LogP contribution in [0, 0.1) is 0 Å². The molecule has 2 N–H and O–H groups in total. The summed E-state index contributed by atoms with van der Waals surface area (Å²) in [6.07, 6.45) is 2.68. The third-order valence-corrected chi connectivity index (χ3v) is 9.52. The maximum atomic E-state index is 16.1. The van der Waals surface area contributed by atoms with Crippen LogP contribution in [0.4, 0.5) is 15.0 Å². The van der Waals surface area contributed by atoms with Gasteiger partial charge in [-0.15, -0.1) is 0 Å². The third kappa shape index (κ3) is 6.62. The molecular weight excluding hydrogens is 599 g/mol. The van der Waals surface area contributed by atoms with Crippen molar-refractivity contribution in [1.82, 2.24) is 34.4 Å². The van der Waals surface area contributed by atoms with Crippen molar-refractivity contribution in [3.63, 3.8) is 0 Å². The first kappa shape index (κ1) is 31.3. The first-order chi connectivity index (χ1) is 22.6. The van der Waals surface area contributed by atoms with E-state index in [1.807, 2.05) is 75.4 Å². The number of likely N-dealkylation sites (tertiary alicyclic amines) is 3. The van der Waals surface area contributed by atoms with Crippen molar-refractivity contribution in [2.75, 3.05) is 45.0 Å². The summed E-state index contributed by atoms with van der Waals surface area (Å²) in [4.78, 5) is 27.6. The lowest BCUT2D eigenvalue weighted by molar-refractivity contribution is -0.0289. The normalized spacial score (nSPS) is 21.9. The molecule has 3 fully saturated rings. The topological polar surface area (TPSA) is 115 Å². The molecule has 0 aliphatic carbocycles. The van der Waals surface area contributed by atoms with Gasteiger partial charge in [-0.2, -0.15) is 5.10 Å². The highest BCUT2D eigenvalue weighted by molar-refractivity contribution is 5.98. The highest BCUT2D eigenvalue weighted by Crippen LogP contribution is 2.37. The van der Waals surface area contributed by atoms with Crippen LogP contribution in [-0.2, 0) is 4.74 Å². The SMILES string of the molecule is CC(C)(C)OC(=O)N1CC(N2CCC(N3CC[C@@H](n4nc(-c5ccc(Oc6ccccc6)cc5)c5c(N)ncnc54)[C@H](F)C3)CC2)C1. The number of hydrogen-bond donors (Lipinski definition) is 1. The summed E-state index contributed by atoms with van der Waals surface area (Å²) in [5.41, 5.74) is 7.88. The number of alkyl halides is 1. The number of nitrogens with zero attached hydrogens (tertiary/aromatic N) is 7. The number of rotatable bonds is 6. The number of ether oxygens (including phenoxy) is 2. The lowest BCUT2D eigenvalue weighted by atomic mass is 9.95. The van der Waals surface area contributed by atoms with Gasteiger partial charge in [0, 0.05) is 56.9 Å². The predicted octanol–water partition coefficient (Wildman–Crippen LogP) is 5.54. The van der Waals surface area contributed by atoms with Gasteiger partial charge in [-0.05, 0) is 76.4 Å². The average Bonchev–Trinajstić information content (AvgIpc) is 3.41. The molecule has 1 amide bonds. The van der Waals surface area contributed by atoms with E-state index in [9.17, 15) is 4.79 Å². The lowest BCUT2D eigenvalue weighted by Gasteiger charge is -2.49. The number of carbonyl (C=O) groups excluding carboxylic acids is 1. The Balaban J connectivity index is 0.985. The Kier molecular flexibility index (Phi) is 8.48. The monoisotopic (exact) mass is 642 g/mol. The maximum absolute atomic E-state index is 16.1. The summed E-state index contributed by atoms with van der Waals surface area (Å²) < 4.78 is 29.3. The van der Waals surface area contributed by atoms with Crippen molar-refractivity contribution >= 4 is 22.9 Å². The van der Waals surface area contributed by atoms with E-state index in [0.29, 0.717) is 66.4 Å². The van der Waals surface area contributed by atoms with Crippen LogP contribution in [0.1, 0.15) is 46.1 Å². The fourth-order valence-electron chi connectivity index (χ4n) is 7.04. The molecule has 0 radical (unpaired) electrons. The second-order valence-corrected chi connectivity index (χ2v) is 13.9. The molecular formula is C35H43FN8O3. The standard InChI is InChI=1S/C35H43FN8O3/c1-35(2,3)47-34(45)43-19-25(20-43)41-16-13-24(14-17-41)42-18-15-29(28(36)21-42)44-33-30(32(37)38-22-39-33)31(40-44)23-9-11-27(12-10-23)46-26-7-5-4-6-8-26/h4-12,22,24-25,28-29H,13-21H2,1-3H3,(H2,37,38,39)/t28-,29-/m1/s1. The fraction of sp³-hybridized carbons (Fsp3) is 0.486. The molecule has 0 spiro atoms. The van der Waals surface area contributed by atoms with E-state index in [1.54, 1.807) is 9.58 Å². The summed E-state index contributed by atoms with van der Waals surface area (Å²) in [6, 6.07) is 17.5. The smallest absolute Gasteiger partial charge is 0.410 e. The van der Waals surface area contributed by atoms with Crippen LogP contribution in [0.5, 0.6) is 11.5 Å². The molecule has 3 aliphatic heterocycles. The summed E-state index contributed by atoms with van der Waals surface area (Å²) in [7, 11) is 0. The summed E-state index contributed by atoms with van der Waals surface area (Å²) in [5, 5.41) is 5.55. The molecule has 2 atom stereocenters. The molecule has 3 saturated heterocycles. The number of fused-ring (bicyclic) bond motifs is 1. The molecule has 12 heteroatoms. The Labute approximate surface area is 274 Å². The predicted molar refractivity (Wildman–Crippen MR) is 178 cm³/mol. The zero-order valence-corrected chi connectivity index (χ0v) is 27.3. The van der Waals surface area contributed by atoms with Crippen molar-refractivity contribution in [3.8, 4) is 22.8 Å². The van der Waals surface area contributed by atoms with Crippen LogP contribution in [0.25, 0.3) is 22.3 Å². The number of para-hydroxylation sites is 1. The number of nitrogens with two attached hydrogens (primary N) is 1. The minimum atomic E-state index is -1.11. The van der Waals surface area contributed by atoms with Gasteiger partial charge in [0.05, 0.1) is 11.4 Å². The number of anilines is 1. The molecule has 0 unspecified atom stereocenters. The number of nitrogen functional groups attached to an aromatic ring is 1. The van der Waals surface area contributed by atoms with Crippen molar-refractivity contribution in [1.29, 1.82) is 0 Å². The third-order valence-electron chi connectivity index (χ3n) is 9.52. The number of hydrogen-bond acceptors (Lipinski definition) is 9. The van der Waals surface area contributed by atoms with Crippen LogP contribution in [0.15, 0.2) is 60.9 Å². The fourth-order valence-corrected chi connectivity index (χ4v) is 7.04. The number of halogens is 1. The molecule has 47 heavy (non-hydrogen) atoms. The molecule has 0 bridgehead atoms. The van der Waals surface area contributed by atoms with E-state index in [4.69, 9.17) is 20.3 Å². The lowest BCUT2D eigenvalue weighted by Crippen LogP contribution is -2.63. The molecule has 248 valence electrons. The number of carbonyl (C=O) groups is 1. The minimum Gasteiger partial charge on any atom is -0.457 e. The van der Waals surface area contributed by atoms with Crippen molar-refractivity contribution in [2.24, 2.45) is 0 Å². The average molecular weight is 643 g/mol. The molecule has 4 aromatic rings. The largest absolute Gasteiger partial charge is 0.457 e. The highest BCUT2D eigenvalue weighted by atomic mass is 19.1. The minimum absolute atomic E-state index is 0.238. The van der Waals surface area contributed by atoms with Gasteiger partial charge in [-0.25, -0.2) is 23.8 Å². The van der Waals surface area contributed by atoms with Crippen molar-refractivity contribution < 1.29 is 18.7 Å². The van der Waals surface area contributed by atoms with Crippen molar-refractivity contribution in [2.45, 2.75) is 69.9 Å². The van der Waals surface area contributed by atoms with Gasteiger partial charge in [0.2, 0.25) is 0 Å². The Hall–Kier alpha value is -4.29. The molecule has 0 saturated carbocycles. The molecule has 5 heterocycles. The quantitative estimate of drug-likeness (QED) is 0.290. The zero-order valence-electron chi connectivity index (χ0n) is 27.3. The number of amides is 1. The molecule has 7 rings (SSSR count). The van der Waals surface area contributed by atoms with Crippen LogP contribution in [0.2, 0.25) is 0 Å². The summed E-state index contributed by atoms with van der Waals surface area (Å²) in [5.74, 6) is 1.77. The number of benzene rings is 2. The highest BCUT2D eigenvalue weighted by Gasteiger charge is 2.41. The van der Waals surface area contributed by atoms with E-state index < -0.39 is 17.8 Å². The van der Waals surface area contributed by atoms with Crippen LogP contribution < -0.4 is 10.5 Å². The van der Waals surface area contributed by atoms with E-state index in [-0.39, 0.29) is 6.09 Å². The molecule has 3 aliphatic rings. The van der Waals surface area contributed by atoms with E-state index in [0.717, 1.165) is 43.8 Å². The van der Waals surface area contributed by atoms with E-state index >= 15 is 4.39 Å². The van der Waals surface area contributed by atoms with E-state index in [2.05, 4.69) is 19.8 Å². The second-order valence-electron chi connectivity index (χ2n) is 13.9. The van der Waals surface area contributed by atoms with Gasteiger partial charge in [0.25, 0.3) is 0 Å². The molecule has 2 aromatic heterocycles. The van der Waals surface area contributed by atoms with Gasteiger partial charge in [-0.1, -0.05) is 18.2 Å². The van der Waals surface area contributed by atoms with Gasteiger partial charge in [-0.3, -0.25) is 9.80 Å². The first-order valence-corrected chi connectivity index (χ1v) is 16.5. The Morgan fingerprint density at radius 2 is 1.55 bits per heavy atom. The van der Waals surface area contributed by atoms with Gasteiger partial charge in [0.15, 0.2) is 5.65 Å². The maximum Gasteiger partial charge on any atom is 0.410 e. The molecule has 2 aromatic carbocycles. The van der Waals surface area contributed by atoms with Gasteiger partial charge in [0.1, 0.15) is 41.1 Å². The first-order valence-electron chi connectivity index (χ1n) is 16.5.